The Hall–Kier alpha value is -3.12. The van der Waals surface area contributed by atoms with E-state index in [1.165, 1.54) is 12.1 Å². The standard InChI is InChI=1S/C20H16ClFN4O/c1-12-9-23-17-10-24-26-20(19(12)17)25-15-5-6-18(16(21)8-15)27-11-13-3-2-4-14(22)7-13/h2-10,23H,11H2,1H3,(H,25,26). The van der Waals surface area contributed by atoms with E-state index in [0.717, 1.165) is 27.7 Å². The largest absolute Gasteiger partial charge is 0.487 e. The third-order valence-electron chi connectivity index (χ3n) is 4.17. The summed E-state index contributed by atoms with van der Waals surface area (Å²) in [6.07, 6.45) is 3.60. The quantitative estimate of drug-likeness (QED) is 0.486. The SMILES string of the molecule is Cc1c[nH]c2cnnc(Nc3ccc(OCc4cccc(F)c4)c(Cl)c3)c12. The number of hydrogen-bond acceptors (Lipinski definition) is 4. The number of aromatic nitrogens is 3. The Bertz CT molecular complexity index is 1110. The van der Waals surface area contributed by atoms with E-state index < -0.39 is 0 Å². The first kappa shape index (κ1) is 17.3. The van der Waals surface area contributed by atoms with Crippen molar-refractivity contribution in [2.75, 3.05) is 5.32 Å². The predicted octanol–water partition coefficient (Wildman–Crippen LogP) is 5.38. The van der Waals surface area contributed by atoms with Crippen LogP contribution in [0.2, 0.25) is 5.02 Å². The number of fused-ring (bicyclic) bond motifs is 1. The highest BCUT2D eigenvalue weighted by Gasteiger charge is 2.10. The highest BCUT2D eigenvalue weighted by molar-refractivity contribution is 6.32. The van der Waals surface area contributed by atoms with Gasteiger partial charge in [-0.05, 0) is 48.4 Å². The summed E-state index contributed by atoms with van der Waals surface area (Å²) in [5.41, 5.74) is 3.48. The van der Waals surface area contributed by atoms with Gasteiger partial charge in [0.2, 0.25) is 0 Å². The van der Waals surface area contributed by atoms with Gasteiger partial charge >= 0.3 is 0 Å². The molecule has 2 aromatic heterocycles. The van der Waals surface area contributed by atoms with Gasteiger partial charge in [-0.25, -0.2) is 4.39 Å². The number of benzene rings is 2. The van der Waals surface area contributed by atoms with Crippen LogP contribution in [0.4, 0.5) is 15.9 Å². The molecule has 7 heteroatoms. The van der Waals surface area contributed by atoms with Crippen molar-refractivity contribution < 1.29 is 9.13 Å². The third kappa shape index (κ3) is 3.71. The van der Waals surface area contributed by atoms with Gasteiger partial charge in [-0.15, -0.1) is 5.10 Å². The van der Waals surface area contributed by atoms with Gasteiger partial charge < -0.3 is 15.0 Å². The van der Waals surface area contributed by atoms with Crippen LogP contribution in [-0.4, -0.2) is 15.2 Å². The number of nitrogens with zero attached hydrogens (tertiary/aromatic N) is 2. The maximum atomic E-state index is 13.2. The van der Waals surface area contributed by atoms with Crippen molar-refractivity contribution >= 4 is 34.0 Å². The maximum Gasteiger partial charge on any atom is 0.162 e. The average Bonchev–Trinajstić information content (AvgIpc) is 3.03. The van der Waals surface area contributed by atoms with Crippen LogP contribution in [0.25, 0.3) is 10.9 Å². The van der Waals surface area contributed by atoms with Crippen LogP contribution in [-0.2, 0) is 6.61 Å². The van der Waals surface area contributed by atoms with E-state index in [1.807, 2.05) is 19.2 Å². The fourth-order valence-electron chi connectivity index (χ4n) is 2.86. The van der Waals surface area contributed by atoms with Crippen molar-refractivity contribution in [2.45, 2.75) is 13.5 Å². The van der Waals surface area contributed by atoms with Crippen LogP contribution in [0.15, 0.2) is 54.9 Å². The van der Waals surface area contributed by atoms with Crippen LogP contribution < -0.4 is 10.1 Å². The lowest BCUT2D eigenvalue weighted by Crippen LogP contribution is -1.99. The molecule has 0 amide bonds. The monoisotopic (exact) mass is 382 g/mol. The topological polar surface area (TPSA) is 62.8 Å². The molecule has 0 saturated heterocycles. The fraction of sp³-hybridized carbons (Fsp3) is 0.100. The van der Waals surface area contributed by atoms with Crippen molar-refractivity contribution in [1.82, 2.24) is 15.2 Å². The summed E-state index contributed by atoms with van der Waals surface area (Å²) in [6.45, 7) is 2.24. The first-order valence-electron chi connectivity index (χ1n) is 8.33. The zero-order valence-corrected chi connectivity index (χ0v) is 15.2. The summed E-state index contributed by atoms with van der Waals surface area (Å²) in [7, 11) is 0. The molecule has 2 heterocycles. The summed E-state index contributed by atoms with van der Waals surface area (Å²) >= 11 is 6.34. The molecule has 0 fully saturated rings. The summed E-state index contributed by atoms with van der Waals surface area (Å²) in [4.78, 5) is 3.16. The van der Waals surface area contributed by atoms with Crippen molar-refractivity contribution in [2.24, 2.45) is 0 Å². The molecule has 0 saturated carbocycles. The van der Waals surface area contributed by atoms with E-state index >= 15 is 0 Å². The Morgan fingerprint density at radius 3 is 2.93 bits per heavy atom. The van der Waals surface area contributed by atoms with Crippen molar-refractivity contribution in [3.8, 4) is 5.75 Å². The smallest absolute Gasteiger partial charge is 0.162 e. The van der Waals surface area contributed by atoms with E-state index in [0.29, 0.717) is 16.6 Å². The first-order valence-corrected chi connectivity index (χ1v) is 8.71. The average molecular weight is 383 g/mol. The number of rotatable bonds is 5. The zero-order valence-electron chi connectivity index (χ0n) is 14.5. The Labute approximate surface area is 160 Å². The van der Waals surface area contributed by atoms with Gasteiger partial charge in [0.1, 0.15) is 18.2 Å². The summed E-state index contributed by atoms with van der Waals surface area (Å²) in [5, 5.41) is 12.8. The molecule has 4 aromatic rings. The van der Waals surface area contributed by atoms with E-state index in [2.05, 4.69) is 20.5 Å². The van der Waals surface area contributed by atoms with Gasteiger partial charge in [0, 0.05) is 17.3 Å². The zero-order chi connectivity index (χ0) is 18.8. The molecule has 0 bridgehead atoms. The minimum Gasteiger partial charge on any atom is -0.487 e. The number of H-pyrrole nitrogens is 1. The molecule has 5 nitrogen and oxygen atoms in total. The minimum absolute atomic E-state index is 0.234. The van der Waals surface area contributed by atoms with E-state index in [-0.39, 0.29) is 12.4 Å². The van der Waals surface area contributed by atoms with Gasteiger partial charge in [0.15, 0.2) is 5.82 Å². The lowest BCUT2D eigenvalue weighted by Gasteiger charge is -2.11. The van der Waals surface area contributed by atoms with E-state index in [9.17, 15) is 4.39 Å². The Morgan fingerprint density at radius 2 is 2.11 bits per heavy atom. The van der Waals surface area contributed by atoms with Gasteiger partial charge in [0.25, 0.3) is 0 Å². The second-order valence-corrected chi connectivity index (χ2v) is 6.55. The number of hydrogen-bond donors (Lipinski definition) is 2. The summed E-state index contributed by atoms with van der Waals surface area (Å²) in [5.74, 6) is 0.876. The summed E-state index contributed by atoms with van der Waals surface area (Å²) < 4.78 is 18.9. The van der Waals surface area contributed by atoms with E-state index in [1.54, 1.807) is 30.5 Å². The molecule has 0 aliphatic carbocycles. The molecule has 27 heavy (non-hydrogen) atoms. The van der Waals surface area contributed by atoms with Gasteiger partial charge in [0.05, 0.1) is 16.7 Å². The third-order valence-corrected chi connectivity index (χ3v) is 4.46. The van der Waals surface area contributed by atoms with E-state index in [4.69, 9.17) is 16.3 Å². The molecule has 2 N–H and O–H groups in total. The van der Waals surface area contributed by atoms with Gasteiger partial charge in [-0.2, -0.15) is 5.10 Å². The molecule has 0 unspecified atom stereocenters. The molecule has 4 rings (SSSR count). The highest BCUT2D eigenvalue weighted by Crippen LogP contribution is 2.31. The number of aromatic amines is 1. The van der Waals surface area contributed by atoms with Gasteiger partial charge in [-0.1, -0.05) is 23.7 Å². The summed E-state index contributed by atoms with van der Waals surface area (Å²) in [6, 6.07) is 11.6. The Balaban J connectivity index is 1.52. The molecule has 136 valence electrons. The molecular weight excluding hydrogens is 367 g/mol. The Kier molecular flexibility index (Phi) is 4.64. The fourth-order valence-corrected chi connectivity index (χ4v) is 3.10. The second kappa shape index (κ2) is 7.25. The molecule has 0 aliphatic rings. The predicted molar refractivity (Wildman–Crippen MR) is 104 cm³/mol. The molecule has 0 spiro atoms. The molecule has 0 atom stereocenters. The number of halogens is 2. The number of nitrogens with one attached hydrogen (secondary N) is 2. The van der Waals surface area contributed by atoms with Crippen LogP contribution in [0.1, 0.15) is 11.1 Å². The van der Waals surface area contributed by atoms with Gasteiger partial charge in [-0.3, -0.25) is 0 Å². The van der Waals surface area contributed by atoms with Crippen molar-refractivity contribution in [3.63, 3.8) is 0 Å². The molecule has 0 radical (unpaired) electrons. The lowest BCUT2D eigenvalue weighted by molar-refractivity contribution is 0.306. The number of aryl methyl sites for hydroxylation is 1. The Morgan fingerprint density at radius 1 is 1.22 bits per heavy atom. The van der Waals surface area contributed by atoms with Crippen LogP contribution in [0.5, 0.6) is 5.75 Å². The van der Waals surface area contributed by atoms with Crippen molar-refractivity contribution in [1.29, 1.82) is 0 Å². The maximum absolute atomic E-state index is 13.2. The van der Waals surface area contributed by atoms with Crippen LogP contribution in [0, 0.1) is 12.7 Å². The normalized spacial score (nSPS) is 10.9. The second-order valence-electron chi connectivity index (χ2n) is 6.14. The van der Waals surface area contributed by atoms with Crippen molar-refractivity contribution in [3.05, 3.63) is 76.8 Å². The number of ether oxygens (including phenoxy) is 1. The lowest BCUT2D eigenvalue weighted by atomic mass is 10.2. The highest BCUT2D eigenvalue weighted by atomic mass is 35.5. The van der Waals surface area contributed by atoms with Crippen LogP contribution in [0.3, 0.4) is 0 Å². The molecular formula is C20H16ClFN4O. The first-order chi connectivity index (χ1) is 13.1. The minimum atomic E-state index is -0.294. The van der Waals surface area contributed by atoms with Crippen LogP contribution >= 0.6 is 11.6 Å². The molecule has 0 aliphatic heterocycles. The molecule has 2 aromatic carbocycles. The number of anilines is 2.